The van der Waals surface area contributed by atoms with Crippen molar-refractivity contribution in [3.8, 4) is 0 Å². The molecular weight excluding hydrogens is 210 g/mol. The molecule has 0 aromatic rings. The smallest absolute Gasteiger partial charge is 0.302 e. The minimum absolute atomic E-state index is 0. The van der Waals surface area contributed by atoms with Crippen LogP contribution in [-0.4, -0.2) is 44.4 Å². The quantitative estimate of drug-likeness (QED) is 0.396. The first-order chi connectivity index (χ1) is 10.9. The molecule has 0 saturated carbocycles. The van der Waals surface area contributed by atoms with Crippen molar-refractivity contribution in [1.29, 1.82) is 0 Å². The van der Waals surface area contributed by atoms with Crippen molar-refractivity contribution in [2.24, 2.45) is 0 Å². The molecule has 0 saturated heterocycles. The van der Waals surface area contributed by atoms with Gasteiger partial charge in [0.05, 0.1) is 38.7 Å². The highest BCUT2D eigenvalue weighted by molar-refractivity contribution is 5.65. The lowest BCUT2D eigenvalue weighted by Crippen LogP contribution is -3.00. The van der Waals surface area contributed by atoms with Gasteiger partial charge < -0.3 is 26.2 Å². The van der Waals surface area contributed by atoms with Crippen molar-refractivity contribution in [2.45, 2.75) is 6.85 Å². The summed E-state index contributed by atoms with van der Waals surface area (Å²) in [6.45, 7) is -24.9. The summed E-state index contributed by atoms with van der Waals surface area (Å²) < 4.78 is 117. The molecule has 0 rings (SSSR count). The van der Waals surface area contributed by atoms with E-state index in [9.17, 15) is 4.79 Å². The molecule has 0 atom stereocenters. The van der Waals surface area contributed by atoms with Crippen LogP contribution in [0.15, 0.2) is 0 Å². The fourth-order valence-corrected chi connectivity index (χ4v) is 0.138. The minimum Gasteiger partial charge on any atom is -1.00 e. The van der Waals surface area contributed by atoms with Gasteiger partial charge in [-0.1, -0.05) is 0 Å². The van der Waals surface area contributed by atoms with E-state index < -0.39 is 51.3 Å². The van der Waals surface area contributed by atoms with Crippen LogP contribution in [0.25, 0.3) is 0 Å². The second-order valence-corrected chi connectivity index (χ2v) is 1.27. The molecule has 0 aromatic heterocycles. The fraction of sp³-hybridized carbons (Fsp3) is 0.857. The molecule has 0 heterocycles. The summed E-state index contributed by atoms with van der Waals surface area (Å²) in [4.78, 5) is 11.4. The Morgan fingerprint density at radius 3 is 2.73 bits per heavy atom. The van der Waals surface area contributed by atoms with Gasteiger partial charge >= 0.3 is 5.97 Å². The molecule has 0 spiro atoms. The zero-order valence-electron chi connectivity index (χ0n) is 21.1. The zero-order valence-corrected chi connectivity index (χ0v) is 6.73. The minimum atomic E-state index is -4.45. The van der Waals surface area contributed by atoms with Gasteiger partial charge in [-0.05, 0) is 0 Å². The predicted octanol–water partition coefficient (Wildman–Crippen LogP) is -2.74. The SMILES string of the molecule is [2H]C([2H])([2H])C(=O)OC([2H])([2H])C([2H])([2H])[N+](C([2H])([2H])[2H])(C([2H])([2H])[2H])C([2H])([2H])[2H].[Br-]. The first-order valence-corrected chi connectivity index (χ1v) is 2.01. The van der Waals surface area contributed by atoms with Gasteiger partial charge in [-0.3, -0.25) is 4.79 Å². The average molecular weight is 242 g/mol. The van der Waals surface area contributed by atoms with E-state index in [1.54, 1.807) is 0 Å². The Kier molecular flexibility index (Phi) is 0.871. The van der Waals surface area contributed by atoms with Crippen LogP contribution in [0.3, 0.4) is 0 Å². The van der Waals surface area contributed by atoms with Gasteiger partial charge in [-0.15, -0.1) is 0 Å². The Labute approximate surface area is 101 Å². The molecule has 11 heavy (non-hydrogen) atoms. The van der Waals surface area contributed by atoms with Crippen LogP contribution in [0.1, 0.15) is 28.8 Å². The van der Waals surface area contributed by atoms with E-state index in [-0.39, 0.29) is 17.0 Å². The van der Waals surface area contributed by atoms with Gasteiger partial charge in [0.2, 0.25) is 0 Å². The van der Waals surface area contributed by atoms with Crippen molar-refractivity contribution in [3.63, 3.8) is 0 Å². The molecule has 0 amide bonds. The number of halogens is 1. The summed E-state index contributed by atoms with van der Waals surface area (Å²) in [6.07, 6.45) is 0. The van der Waals surface area contributed by atoms with E-state index in [0.29, 0.717) is 0 Å². The number of nitrogens with zero attached hydrogens (tertiary/aromatic N) is 1. The van der Waals surface area contributed by atoms with Crippen LogP contribution >= 0.6 is 0 Å². The molecule has 0 aliphatic rings. The van der Waals surface area contributed by atoms with Gasteiger partial charge in [0.15, 0.2) is 0 Å². The van der Waals surface area contributed by atoms with E-state index >= 15 is 0 Å². The van der Waals surface area contributed by atoms with E-state index in [1.807, 2.05) is 0 Å². The molecule has 0 aliphatic carbocycles. The van der Waals surface area contributed by atoms with Crippen LogP contribution in [0, 0.1) is 0 Å². The highest BCUT2D eigenvalue weighted by Gasteiger charge is 2.06. The lowest BCUT2D eigenvalue weighted by molar-refractivity contribution is -0.870. The van der Waals surface area contributed by atoms with Gasteiger partial charge in [0.1, 0.15) is 13.1 Å². The second kappa shape index (κ2) is 5.55. The van der Waals surface area contributed by atoms with Crippen molar-refractivity contribution in [1.82, 2.24) is 0 Å². The third-order valence-corrected chi connectivity index (χ3v) is 0.357. The first-order valence-electron chi connectivity index (χ1n) is 10.0. The van der Waals surface area contributed by atoms with E-state index in [0.717, 1.165) is 0 Å². The maximum absolute atomic E-state index is 11.4. The normalized spacial score (nSPS) is 38.9. The third-order valence-electron chi connectivity index (χ3n) is 0.357. The van der Waals surface area contributed by atoms with Gasteiger partial charge in [-0.2, -0.15) is 0 Å². The van der Waals surface area contributed by atoms with Crippen molar-refractivity contribution in [2.75, 3.05) is 34.0 Å². The summed E-state index contributed by atoms with van der Waals surface area (Å²) in [7, 11) is 0. The first kappa shape index (κ1) is 1.73. The highest BCUT2D eigenvalue weighted by atomic mass is 79.9. The third kappa shape index (κ3) is 13.0. The summed E-state index contributed by atoms with van der Waals surface area (Å²) in [5, 5.41) is 0. The maximum Gasteiger partial charge on any atom is 0.302 e. The lowest BCUT2D eigenvalue weighted by atomic mass is 10.5. The van der Waals surface area contributed by atoms with Crippen LogP contribution in [0.2, 0.25) is 0 Å². The number of ether oxygens (including phenoxy) is 1. The topological polar surface area (TPSA) is 26.3 Å². The van der Waals surface area contributed by atoms with Crippen molar-refractivity contribution < 1.29 is 52.9 Å². The lowest BCUT2D eigenvalue weighted by Gasteiger charge is -2.23. The number of carbonyl (C=O) groups excluding carboxylic acids is 1. The van der Waals surface area contributed by atoms with Gasteiger partial charge in [-0.25, -0.2) is 0 Å². The molecule has 0 N–H and O–H groups in total. The maximum atomic E-state index is 11.4. The number of quaternary nitrogens is 1. The molecule has 3 nitrogen and oxygen atoms in total. The van der Waals surface area contributed by atoms with E-state index in [4.69, 9.17) is 21.9 Å². The Hall–Kier alpha value is -0.0900. The van der Waals surface area contributed by atoms with Crippen LogP contribution in [0.5, 0.6) is 0 Å². The number of esters is 1. The molecule has 4 heteroatoms. The van der Waals surface area contributed by atoms with Crippen molar-refractivity contribution >= 4 is 5.97 Å². The van der Waals surface area contributed by atoms with Crippen LogP contribution < -0.4 is 17.0 Å². The molecule has 0 unspecified atom stereocenters. The number of hydrogen-bond acceptors (Lipinski definition) is 2. The summed E-state index contributed by atoms with van der Waals surface area (Å²) in [6, 6.07) is 0. The Bertz CT molecular complexity index is 505. The van der Waals surface area contributed by atoms with E-state index in [1.165, 1.54) is 0 Å². The number of hydrogen-bond donors (Lipinski definition) is 0. The molecule has 68 valence electrons. The Balaban J connectivity index is 0. The van der Waals surface area contributed by atoms with Crippen LogP contribution in [0.4, 0.5) is 0 Å². The Morgan fingerprint density at radius 1 is 1.64 bits per heavy atom. The predicted molar refractivity (Wildman–Crippen MR) is 39.5 cm³/mol. The molecule has 0 aliphatic heterocycles. The van der Waals surface area contributed by atoms with Gasteiger partial charge in [0, 0.05) is 11.0 Å². The van der Waals surface area contributed by atoms with Crippen molar-refractivity contribution in [3.05, 3.63) is 0 Å². The summed E-state index contributed by atoms with van der Waals surface area (Å²) >= 11 is 0. The molecule has 0 fully saturated rings. The number of rotatable bonds is 3. The largest absolute Gasteiger partial charge is 1.00 e. The Morgan fingerprint density at radius 2 is 2.27 bits per heavy atom. The fourth-order valence-electron chi connectivity index (χ4n) is 0.138. The number of likely N-dealkylation sites (N-methyl/N-ethyl adjacent to an activating group) is 1. The molecule has 0 bridgehead atoms. The molecule has 0 radical (unpaired) electrons. The summed E-state index contributed by atoms with van der Waals surface area (Å²) in [5.74, 6) is -2.31. The summed E-state index contributed by atoms with van der Waals surface area (Å²) in [5.41, 5.74) is 0. The molecular formula is C7H16BrNO2. The standard InChI is InChI=1S/C7H16NO2.BrH/c1-7(9)10-6-5-8(2,3)4;/h5-6H2,1-4H3;1H/q+1;/p-1/i1D3,2D3,3D3,4D3,5D2,6D2;. The van der Waals surface area contributed by atoms with Crippen LogP contribution in [-0.2, 0) is 9.53 Å². The average Bonchev–Trinajstić information content (AvgIpc) is 2.19. The highest BCUT2D eigenvalue weighted by Crippen LogP contribution is 1.88. The van der Waals surface area contributed by atoms with E-state index in [2.05, 4.69) is 4.74 Å². The zero-order chi connectivity index (χ0) is 21.8. The van der Waals surface area contributed by atoms with Gasteiger partial charge in [0.25, 0.3) is 0 Å². The monoisotopic (exact) mass is 241 g/mol. The second-order valence-electron chi connectivity index (χ2n) is 1.27. The number of carbonyl (C=O) groups is 1. The molecule has 0 aromatic carbocycles.